The Kier molecular flexibility index (Phi) is 7.63. The van der Waals surface area contributed by atoms with Gasteiger partial charge in [0.25, 0.3) is 0 Å². The number of aryl methyl sites for hydroxylation is 1. The average Bonchev–Trinajstić information content (AvgIpc) is 2.95. The first-order valence-corrected chi connectivity index (χ1v) is 13.1. The number of aromatic nitrogens is 2. The molecule has 1 aliphatic carbocycles. The number of piperazine rings is 1. The minimum Gasteiger partial charge on any atom is -0.368 e. The van der Waals surface area contributed by atoms with Gasteiger partial charge in [-0.05, 0) is 30.4 Å². The quantitative estimate of drug-likeness (QED) is 0.487. The van der Waals surface area contributed by atoms with Crippen molar-refractivity contribution in [2.45, 2.75) is 26.2 Å². The van der Waals surface area contributed by atoms with E-state index in [0.717, 1.165) is 43.7 Å². The van der Waals surface area contributed by atoms with Crippen LogP contribution in [0.2, 0.25) is 0 Å². The van der Waals surface area contributed by atoms with E-state index in [1.807, 2.05) is 41.3 Å². The number of nitrogens with one attached hydrogen (secondary N) is 2. The van der Waals surface area contributed by atoms with Crippen molar-refractivity contribution in [2.75, 3.05) is 49.5 Å². The molecule has 0 bridgehead atoms. The number of carbonyl (C=O) groups is 2. The second kappa shape index (κ2) is 11.4. The highest BCUT2D eigenvalue weighted by Gasteiger charge is 2.30. The molecule has 0 saturated carbocycles. The van der Waals surface area contributed by atoms with E-state index in [1.54, 1.807) is 0 Å². The monoisotopic (exact) mass is 498 g/mol. The van der Waals surface area contributed by atoms with Gasteiger partial charge in [-0.25, -0.2) is 9.97 Å². The number of carbonyl (C=O) groups excluding carboxylic acids is 2. The lowest BCUT2D eigenvalue weighted by atomic mass is 9.83. The summed E-state index contributed by atoms with van der Waals surface area (Å²) in [6, 6.07) is 20.4. The van der Waals surface area contributed by atoms with Crippen LogP contribution in [-0.4, -0.2) is 66.0 Å². The van der Waals surface area contributed by atoms with Crippen LogP contribution in [0, 0.1) is 5.92 Å². The zero-order chi connectivity index (χ0) is 25.6. The molecule has 1 atom stereocenters. The second-order valence-corrected chi connectivity index (χ2v) is 9.73. The normalized spacial score (nSPS) is 17.2. The summed E-state index contributed by atoms with van der Waals surface area (Å²) in [7, 11) is 0. The van der Waals surface area contributed by atoms with Crippen LogP contribution >= 0.6 is 0 Å². The number of rotatable bonds is 7. The number of hydrogen-bond donors (Lipinski definition) is 2. The molecule has 2 N–H and O–H groups in total. The fourth-order valence-corrected chi connectivity index (χ4v) is 5.16. The van der Waals surface area contributed by atoms with Gasteiger partial charge in [-0.3, -0.25) is 9.59 Å². The summed E-state index contributed by atoms with van der Waals surface area (Å²) in [6.07, 6.45) is 2.75. The van der Waals surface area contributed by atoms with E-state index >= 15 is 0 Å². The van der Waals surface area contributed by atoms with Crippen LogP contribution in [0.25, 0.3) is 11.4 Å². The lowest BCUT2D eigenvalue weighted by Gasteiger charge is -2.38. The van der Waals surface area contributed by atoms with E-state index in [1.165, 1.54) is 18.1 Å². The third-order valence-corrected chi connectivity index (χ3v) is 7.16. The van der Waals surface area contributed by atoms with Gasteiger partial charge in [0, 0.05) is 63.7 Å². The summed E-state index contributed by atoms with van der Waals surface area (Å²) in [6.45, 7) is 5.42. The van der Waals surface area contributed by atoms with Crippen LogP contribution in [0.15, 0.2) is 60.7 Å². The minimum atomic E-state index is -0.0556. The van der Waals surface area contributed by atoms with Gasteiger partial charge >= 0.3 is 0 Å². The standard InChI is InChI=1S/C29H34N6O2/c1-21(36)30-13-14-31-26-20-27(33-28(32-26)23-8-3-2-4-9-23)34-15-17-35(18-16-34)29(37)25-12-11-22-7-5-6-10-24(22)19-25/h2-10,20,25H,11-19H2,1H3,(H,30,36)(H,31,32,33). The largest absolute Gasteiger partial charge is 0.368 e. The molecule has 2 amide bonds. The molecular weight excluding hydrogens is 464 g/mol. The molecule has 5 rings (SSSR count). The predicted octanol–water partition coefficient (Wildman–Crippen LogP) is 3.15. The molecule has 0 spiro atoms. The van der Waals surface area contributed by atoms with Gasteiger partial charge < -0.3 is 20.4 Å². The van der Waals surface area contributed by atoms with Gasteiger partial charge in [0.1, 0.15) is 11.6 Å². The van der Waals surface area contributed by atoms with E-state index in [0.29, 0.717) is 37.8 Å². The lowest BCUT2D eigenvalue weighted by Crippen LogP contribution is -2.51. The SMILES string of the molecule is CC(=O)NCCNc1cc(N2CCN(C(=O)C3CCc4ccccc4C3)CC2)nc(-c2ccccc2)n1. The molecule has 37 heavy (non-hydrogen) atoms. The molecule has 2 aromatic carbocycles. The topological polar surface area (TPSA) is 90.5 Å². The Labute approximate surface area is 218 Å². The maximum absolute atomic E-state index is 13.3. The van der Waals surface area contributed by atoms with Gasteiger partial charge in [-0.1, -0.05) is 54.6 Å². The Balaban J connectivity index is 1.25. The van der Waals surface area contributed by atoms with Gasteiger partial charge in [0.2, 0.25) is 11.8 Å². The molecule has 1 unspecified atom stereocenters. The van der Waals surface area contributed by atoms with E-state index in [4.69, 9.17) is 9.97 Å². The summed E-state index contributed by atoms with van der Waals surface area (Å²) in [5.41, 5.74) is 3.65. The van der Waals surface area contributed by atoms with E-state index in [9.17, 15) is 9.59 Å². The first-order valence-electron chi connectivity index (χ1n) is 13.1. The highest BCUT2D eigenvalue weighted by Crippen LogP contribution is 2.28. The first-order chi connectivity index (χ1) is 18.1. The molecule has 3 aromatic rings. The molecule has 8 heteroatoms. The molecule has 2 aliphatic rings. The summed E-state index contributed by atoms with van der Waals surface area (Å²) in [4.78, 5) is 38.4. The fourth-order valence-electron chi connectivity index (χ4n) is 5.16. The molecule has 1 fully saturated rings. The highest BCUT2D eigenvalue weighted by atomic mass is 16.2. The first kappa shape index (κ1) is 24.7. The van der Waals surface area contributed by atoms with Crippen LogP contribution in [0.3, 0.4) is 0 Å². The van der Waals surface area contributed by atoms with Gasteiger partial charge in [0.15, 0.2) is 5.82 Å². The maximum atomic E-state index is 13.3. The zero-order valence-electron chi connectivity index (χ0n) is 21.3. The third-order valence-electron chi connectivity index (χ3n) is 7.16. The van der Waals surface area contributed by atoms with Gasteiger partial charge in [-0.2, -0.15) is 0 Å². The molecule has 2 heterocycles. The van der Waals surface area contributed by atoms with E-state index in [-0.39, 0.29) is 17.7 Å². The van der Waals surface area contributed by atoms with Crippen molar-refractivity contribution in [3.8, 4) is 11.4 Å². The number of amides is 2. The van der Waals surface area contributed by atoms with Crippen LogP contribution in [0.4, 0.5) is 11.6 Å². The summed E-state index contributed by atoms with van der Waals surface area (Å²) in [5, 5.41) is 6.11. The molecule has 0 radical (unpaired) electrons. The van der Waals surface area contributed by atoms with Gasteiger partial charge in [-0.15, -0.1) is 0 Å². The van der Waals surface area contributed by atoms with Crippen LogP contribution < -0.4 is 15.5 Å². The van der Waals surface area contributed by atoms with Crippen molar-refractivity contribution in [1.82, 2.24) is 20.2 Å². The molecular formula is C29H34N6O2. The van der Waals surface area contributed by atoms with Crippen LogP contribution in [-0.2, 0) is 22.4 Å². The number of nitrogens with zero attached hydrogens (tertiary/aromatic N) is 4. The molecule has 1 saturated heterocycles. The van der Waals surface area contributed by atoms with Crippen molar-refractivity contribution in [3.63, 3.8) is 0 Å². The Morgan fingerprint density at radius 3 is 2.41 bits per heavy atom. The van der Waals surface area contributed by atoms with E-state index in [2.05, 4.69) is 39.8 Å². The number of anilines is 2. The summed E-state index contributed by atoms with van der Waals surface area (Å²) >= 11 is 0. The Hall–Kier alpha value is -3.94. The van der Waals surface area contributed by atoms with Crippen molar-refractivity contribution < 1.29 is 9.59 Å². The lowest BCUT2D eigenvalue weighted by molar-refractivity contribution is -0.136. The Morgan fingerprint density at radius 1 is 0.919 bits per heavy atom. The minimum absolute atomic E-state index is 0.0556. The Bertz CT molecular complexity index is 1240. The number of hydrogen-bond acceptors (Lipinski definition) is 6. The van der Waals surface area contributed by atoms with E-state index < -0.39 is 0 Å². The molecule has 8 nitrogen and oxygen atoms in total. The van der Waals surface area contributed by atoms with Gasteiger partial charge in [0.05, 0.1) is 0 Å². The maximum Gasteiger partial charge on any atom is 0.226 e. The van der Waals surface area contributed by atoms with Crippen molar-refractivity contribution >= 4 is 23.5 Å². The summed E-state index contributed by atoms with van der Waals surface area (Å²) in [5.74, 6) is 2.51. The molecule has 1 aliphatic heterocycles. The van der Waals surface area contributed by atoms with Crippen LogP contribution in [0.5, 0.6) is 0 Å². The third kappa shape index (κ3) is 6.07. The second-order valence-electron chi connectivity index (χ2n) is 9.73. The molecule has 192 valence electrons. The average molecular weight is 499 g/mol. The number of fused-ring (bicyclic) bond motifs is 1. The predicted molar refractivity (Wildman–Crippen MR) is 145 cm³/mol. The smallest absolute Gasteiger partial charge is 0.226 e. The highest BCUT2D eigenvalue weighted by molar-refractivity contribution is 5.80. The Morgan fingerprint density at radius 2 is 1.65 bits per heavy atom. The van der Waals surface area contributed by atoms with Crippen molar-refractivity contribution in [3.05, 3.63) is 71.8 Å². The van der Waals surface area contributed by atoms with Crippen molar-refractivity contribution in [2.24, 2.45) is 5.92 Å². The van der Waals surface area contributed by atoms with Crippen LogP contribution in [0.1, 0.15) is 24.5 Å². The zero-order valence-corrected chi connectivity index (χ0v) is 21.3. The van der Waals surface area contributed by atoms with Crippen molar-refractivity contribution in [1.29, 1.82) is 0 Å². The fraction of sp³-hybridized carbons (Fsp3) is 0.379. The summed E-state index contributed by atoms with van der Waals surface area (Å²) < 4.78 is 0. The number of benzene rings is 2. The molecule has 1 aromatic heterocycles.